The van der Waals surface area contributed by atoms with Crippen LogP contribution in [0.25, 0.3) is 0 Å². The number of primary amides is 1. The number of sulfonamides is 1. The minimum absolute atomic E-state index is 0.331. The SMILES string of the molecule is Cc1ccc(C#Cc2ccc(S(=O)(=O)N(O)[C@@H]([C]=O)C(N)=O)cc2)cc1. The fourth-order valence-corrected chi connectivity index (χ4v) is 3.07. The number of carbonyl (C=O) groups excluding carboxylic acids is 2. The van der Waals surface area contributed by atoms with Gasteiger partial charge >= 0.3 is 0 Å². The van der Waals surface area contributed by atoms with E-state index in [1.807, 2.05) is 31.2 Å². The van der Waals surface area contributed by atoms with Crippen LogP contribution in [0.4, 0.5) is 0 Å². The molecule has 0 bridgehead atoms. The van der Waals surface area contributed by atoms with E-state index < -0.39 is 26.4 Å². The van der Waals surface area contributed by atoms with Crippen LogP contribution in [0.2, 0.25) is 0 Å². The van der Waals surface area contributed by atoms with Crippen LogP contribution in [-0.4, -0.2) is 36.3 Å². The lowest BCUT2D eigenvalue weighted by atomic mass is 10.1. The smallest absolute Gasteiger partial charge is 0.266 e. The van der Waals surface area contributed by atoms with Crippen LogP contribution in [-0.2, 0) is 19.6 Å². The first-order chi connectivity index (χ1) is 12.3. The number of hydrogen-bond donors (Lipinski definition) is 2. The van der Waals surface area contributed by atoms with Gasteiger partial charge in [0, 0.05) is 11.1 Å². The maximum absolute atomic E-state index is 12.2. The molecule has 0 fully saturated rings. The summed E-state index contributed by atoms with van der Waals surface area (Å²) < 4.78 is 24.0. The highest BCUT2D eigenvalue weighted by Crippen LogP contribution is 2.16. The number of rotatable bonds is 5. The minimum atomic E-state index is -4.51. The molecule has 0 aliphatic rings. The van der Waals surface area contributed by atoms with Crippen LogP contribution in [0.5, 0.6) is 0 Å². The van der Waals surface area contributed by atoms with Crippen molar-refractivity contribution in [1.82, 2.24) is 4.47 Å². The Bertz CT molecular complexity index is 971. The van der Waals surface area contributed by atoms with Crippen LogP contribution in [0.3, 0.4) is 0 Å². The zero-order valence-electron chi connectivity index (χ0n) is 13.7. The molecule has 2 rings (SSSR count). The van der Waals surface area contributed by atoms with E-state index in [2.05, 4.69) is 11.8 Å². The third-order valence-corrected chi connectivity index (χ3v) is 4.97. The third-order valence-electron chi connectivity index (χ3n) is 3.40. The number of hydrogen-bond acceptors (Lipinski definition) is 5. The van der Waals surface area contributed by atoms with Gasteiger partial charge in [-0.25, -0.2) is 8.42 Å². The monoisotopic (exact) mass is 371 g/mol. The molecular formula is C18H15N2O5S. The molecule has 3 N–H and O–H groups in total. The number of amides is 1. The summed E-state index contributed by atoms with van der Waals surface area (Å²) in [7, 11) is -4.51. The Hall–Kier alpha value is -2.99. The number of aryl methyl sites for hydroxylation is 1. The van der Waals surface area contributed by atoms with E-state index in [4.69, 9.17) is 5.73 Å². The number of hydroxylamine groups is 1. The molecule has 2 aromatic rings. The zero-order chi connectivity index (χ0) is 19.3. The fraction of sp³-hybridized carbons (Fsp3) is 0.111. The van der Waals surface area contributed by atoms with Crippen molar-refractivity contribution in [3.63, 3.8) is 0 Å². The van der Waals surface area contributed by atoms with Crippen LogP contribution >= 0.6 is 0 Å². The molecule has 1 atom stereocenters. The van der Waals surface area contributed by atoms with E-state index in [1.165, 1.54) is 24.3 Å². The average Bonchev–Trinajstić information content (AvgIpc) is 2.62. The topological polar surface area (TPSA) is 118 Å². The summed E-state index contributed by atoms with van der Waals surface area (Å²) in [6, 6.07) is 10.7. The lowest BCUT2D eigenvalue weighted by Crippen LogP contribution is -2.46. The van der Waals surface area contributed by atoms with E-state index >= 15 is 0 Å². The summed E-state index contributed by atoms with van der Waals surface area (Å²) in [6.45, 7) is 1.96. The molecule has 0 heterocycles. The Kier molecular flexibility index (Phi) is 5.90. The molecule has 0 saturated carbocycles. The van der Waals surface area contributed by atoms with Crippen molar-refractivity contribution in [2.45, 2.75) is 17.9 Å². The number of nitrogens with zero attached hydrogens (tertiary/aromatic N) is 1. The van der Waals surface area contributed by atoms with Crippen molar-refractivity contribution in [1.29, 1.82) is 0 Å². The van der Waals surface area contributed by atoms with Crippen molar-refractivity contribution < 1.29 is 23.2 Å². The van der Waals surface area contributed by atoms with E-state index in [9.17, 15) is 23.2 Å². The van der Waals surface area contributed by atoms with Gasteiger partial charge in [0.2, 0.25) is 12.2 Å². The Labute approximate surface area is 151 Å². The molecule has 0 aliphatic carbocycles. The second kappa shape index (κ2) is 7.93. The van der Waals surface area contributed by atoms with Crippen LogP contribution in [0.1, 0.15) is 16.7 Å². The molecule has 1 amide bonds. The Balaban J connectivity index is 2.25. The third kappa shape index (κ3) is 4.34. The van der Waals surface area contributed by atoms with E-state index in [0.29, 0.717) is 5.56 Å². The molecule has 133 valence electrons. The first-order valence-corrected chi connectivity index (χ1v) is 8.79. The van der Waals surface area contributed by atoms with Crippen LogP contribution < -0.4 is 5.73 Å². The summed E-state index contributed by atoms with van der Waals surface area (Å²) in [4.78, 5) is 21.3. The first-order valence-electron chi connectivity index (χ1n) is 7.35. The van der Waals surface area contributed by atoms with Crippen LogP contribution in [0, 0.1) is 18.8 Å². The fourth-order valence-electron chi connectivity index (χ4n) is 1.95. The largest absolute Gasteiger partial charge is 0.368 e. The Morgan fingerprint density at radius 2 is 1.50 bits per heavy atom. The summed E-state index contributed by atoms with van der Waals surface area (Å²) in [5.41, 5.74) is 7.33. The van der Waals surface area contributed by atoms with Gasteiger partial charge in [-0.2, -0.15) is 0 Å². The maximum atomic E-state index is 12.2. The van der Waals surface area contributed by atoms with Crippen molar-refractivity contribution in [2.75, 3.05) is 0 Å². The average molecular weight is 371 g/mol. The van der Waals surface area contributed by atoms with Gasteiger partial charge in [0.1, 0.15) is 0 Å². The predicted molar refractivity (Wildman–Crippen MR) is 93.1 cm³/mol. The molecule has 7 nitrogen and oxygen atoms in total. The summed E-state index contributed by atoms with van der Waals surface area (Å²) in [5.74, 6) is 4.48. The molecule has 0 spiro atoms. The lowest BCUT2D eigenvalue weighted by molar-refractivity contribution is -0.126. The van der Waals surface area contributed by atoms with Gasteiger partial charge in [0.15, 0.2) is 6.04 Å². The Morgan fingerprint density at radius 1 is 1.04 bits per heavy atom. The van der Waals surface area contributed by atoms with Crippen molar-refractivity contribution in [3.05, 3.63) is 65.2 Å². The summed E-state index contributed by atoms with van der Waals surface area (Å²) >= 11 is 0. The number of benzene rings is 2. The van der Waals surface area contributed by atoms with Crippen LogP contribution in [0.15, 0.2) is 53.4 Å². The molecule has 0 unspecified atom stereocenters. The van der Waals surface area contributed by atoms with Gasteiger partial charge in [-0.15, -0.1) is 0 Å². The van der Waals surface area contributed by atoms with Gasteiger partial charge in [-0.1, -0.05) is 34.0 Å². The maximum Gasteiger partial charge on any atom is 0.266 e. The van der Waals surface area contributed by atoms with E-state index in [-0.39, 0.29) is 4.90 Å². The van der Waals surface area contributed by atoms with Crippen molar-refractivity contribution in [3.8, 4) is 11.8 Å². The van der Waals surface area contributed by atoms with Crippen molar-refractivity contribution in [2.24, 2.45) is 5.73 Å². The molecular weight excluding hydrogens is 356 g/mol. The second-order valence-corrected chi connectivity index (χ2v) is 7.14. The molecule has 0 aliphatic heterocycles. The summed E-state index contributed by atoms with van der Waals surface area (Å²) in [5, 5.41) is 9.66. The lowest BCUT2D eigenvalue weighted by Gasteiger charge is -2.17. The molecule has 0 saturated heterocycles. The minimum Gasteiger partial charge on any atom is -0.368 e. The molecule has 8 heteroatoms. The van der Waals surface area contributed by atoms with Gasteiger partial charge in [0.25, 0.3) is 10.0 Å². The number of carbonyl (C=O) groups is 1. The summed E-state index contributed by atoms with van der Waals surface area (Å²) in [6.07, 6.45) is 1.08. The quantitative estimate of drug-likeness (QED) is 0.457. The van der Waals surface area contributed by atoms with Gasteiger partial charge in [0.05, 0.1) is 4.90 Å². The molecule has 1 radical (unpaired) electrons. The Morgan fingerprint density at radius 3 is 1.92 bits per heavy atom. The van der Waals surface area contributed by atoms with E-state index in [1.54, 1.807) is 0 Å². The highest BCUT2D eigenvalue weighted by Gasteiger charge is 2.34. The molecule has 0 aromatic heterocycles. The molecule has 26 heavy (non-hydrogen) atoms. The normalized spacial score (nSPS) is 12.1. The van der Waals surface area contributed by atoms with Gasteiger partial charge in [-0.05, 0) is 43.3 Å². The number of nitrogens with two attached hydrogens (primary N) is 1. The predicted octanol–water partition coefficient (Wildman–Crippen LogP) is 0.738. The highest BCUT2D eigenvalue weighted by molar-refractivity contribution is 7.89. The van der Waals surface area contributed by atoms with E-state index in [0.717, 1.165) is 17.4 Å². The van der Waals surface area contributed by atoms with Gasteiger partial charge in [-0.3, -0.25) is 14.8 Å². The first kappa shape index (κ1) is 19.3. The standard InChI is InChI=1S/C18H15N2O5S/c1-13-2-4-14(5-3-13)6-7-15-8-10-16(11-9-15)26(24,25)20(23)17(12-21)18(19)22/h2-5,8-11,17,23H,1H3,(H2,19,22)/t17-/m0/s1. The second-order valence-electron chi connectivity index (χ2n) is 5.34. The van der Waals surface area contributed by atoms with Crippen molar-refractivity contribution >= 4 is 22.2 Å². The zero-order valence-corrected chi connectivity index (χ0v) is 14.5. The highest BCUT2D eigenvalue weighted by atomic mass is 32.2. The molecule has 2 aromatic carbocycles. The van der Waals surface area contributed by atoms with Gasteiger partial charge < -0.3 is 5.73 Å².